The largest absolute Gasteiger partial charge is 0.373 e. The Hall–Kier alpha value is -2.83. The van der Waals surface area contributed by atoms with Gasteiger partial charge in [0.15, 0.2) is 0 Å². The molecule has 0 saturated heterocycles. The number of amides is 1. The van der Waals surface area contributed by atoms with Crippen molar-refractivity contribution in [3.8, 4) is 0 Å². The number of nitrogens with zero attached hydrogens (tertiary/aromatic N) is 1. The molecule has 3 rings (SSSR count). The zero-order chi connectivity index (χ0) is 17.1. The van der Waals surface area contributed by atoms with E-state index in [9.17, 15) is 9.59 Å². The summed E-state index contributed by atoms with van der Waals surface area (Å²) in [6.45, 7) is 4.73. The van der Waals surface area contributed by atoms with Crippen molar-refractivity contribution in [2.45, 2.75) is 26.3 Å². The quantitative estimate of drug-likeness (QED) is 0.613. The van der Waals surface area contributed by atoms with Gasteiger partial charge in [0.05, 0.1) is 0 Å². The zero-order valence-electron chi connectivity index (χ0n) is 13.8. The van der Waals surface area contributed by atoms with Crippen molar-refractivity contribution in [3.05, 3.63) is 51.4 Å². The lowest BCUT2D eigenvalue weighted by Gasteiger charge is -2.12. The van der Waals surface area contributed by atoms with E-state index < -0.39 is 0 Å². The first-order valence-corrected chi connectivity index (χ1v) is 7.97. The molecule has 7 nitrogen and oxygen atoms in total. The highest BCUT2D eigenvalue weighted by Crippen LogP contribution is 2.26. The highest BCUT2D eigenvalue weighted by molar-refractivity contribution is 5.87. The molecule has 0 saturated carbocycles. The fraction of sp³-hybridized carbons (Fsp3) is 0.353. The number of hydrogen-bond donors (Lipinski definition) is 4. The summed E-state index contributed by atoms with van der Waals surface area (Å²) < 4.78 is 0. The minimum Gasteiger partial charge on any atom is -0.373 e. The molecule has 1 aliphatic rings. The molecule has 1 atom stereocenters. The summed E-state index contributed by atoms with van der Waals surface area (Å²) in [5.74, 6) is 0.382. The van der Waals surface area contributed by atoms with Crippen LogP contribution in [0.2, 0.25) is 0 Å². The molecule has 1 aliphatic heterocycles. The standard InChI is InChI=1S/C17H21N5O2/c1-10-3-4-13-12(7-10)9-14(21-13)16(24)18-5-6-19-17-20-11(2)8-15(23)22-17/h3-4,7-8,14,21H,5-6,9H2,1-2H3,(H,18,24)(H2,19,20,22,23)/t14-/m1/s1. The Morgan fingerprint density at radius 1 is 1.29 bits per heavy atom. The number of H-pyrrole nitrogens is 1. The van der Waals surface area contributed by atoms with Gasteiger partial charge in [0.2, 0.25) is 11.9 Å². The van der Waals surface area contributed by atoms with E-state index in [0.717, 1.165) is 5.69 Å². The number of anilines is 2. The van der Waals surface area contributed by atoms with Crippen LogP contribution in [0, 0.1) is 13.8 Å². The van der Waals surface area contributed by atoms with Crippen LogP contribution in [-0.4, -0.2) is 35.0 Å². The van der Waals surface area contributed by atoms with Gasteiger partial charge < -0.3 is 16.0 Å². The Morgan fingerprint density at radius 2 is 2.12 bits per heavy atom. The summed E-state index contributed by atoms with van der Waals surface area (Å²) in [4.78, 5) is 30.4. The first kappa shape index (κ1) is 16.0. The number of nitrogens with one attached hydrogen (secondary N) is 4. The molecule has 2 aromatic rings. The average Bonchev–Trinajstić information content (AvgIpc) is 2.93. The molecule has 7 heteroatoms. The molecule has 0 bridgehead atoms. The van der Waals surface area contributed by atoms with Crippen molar-refractivity contribution >= 4 is 17.5 Å². The van der Waals surface area contributed by atoms with Gasteiger partial charge >= 0.3 is 0 Å². The molecule has 2 heterocycles. The third-order valence-corrected chi connectivity index (χ3v) is 3.92. The summed E-state index contributed by atoms with van der Waals surface area (Å²) in [6.07, 6.45) is 0.697. The first-order chi connectivity index (χ1) is 11.5. The number of aryl methyl sites for hydroxylation is 2. The van der Waals surface area contributed by atoms with Gasteiger partial charge in [0, 0.05) is 37.0 Å². The number of aromatic nitrogens is 2. The van der Waals surface area contributed by atoms with E-state index in [1.165, 1.54) is 17.2 Å². The number of rotatable bonds is 5. The van der Waals surface area contributed by atoms with E-state index in [2.05, 4.69) is 32.0 Å². The van der Waals surface area contributed by atoms with Gasteiger partial charge in [-0.3, -0.25) is 14.6 Å². The van der Waals surface area contributed by atoms with Crippen molar-refractivity contribution in [2.24, 2.45) is 0 Å². The second kappa shape index (κ2) is 6.74. The normalized spacial score (nSPS) is 15.5. The fourth-order valence-corrected chi connectivity index (χ4v) is 2.80. The monoisotopic (exact) mass is 327 g/mol. The Labute approximate surface area is 139 Å². The maximum absolute atomic E-state index is 12.2. The van der Waals surface area contributed by atoms with Gasteiger partial charge in [-0.1, -0.05) is 17.7 Å². The molecular formula is C17H21N5O2. The SMILES string of the molecule is Cc1ccc2c(c1)C[C@H](C(=O)NCCNc1nc(C)cc(=O)[nH]1)N2. The lowest BCUT2D eigenvalue weighted by Crippen LogP contribution is -2.40. The Balaban J connectivity index is 1.46. The number of aromatic amines is 1. The van der Waals surface area contributed by atoms with Crippen LogP contribution in [-0.2, 0) is 11.2 Å². The molecule has 126 valence electrons. The smallest absolute Gasteiger partial charge is 0.252 e. The minimum absolute atomic E-state index is 0.0312. The van der Waals surface area contributed by atoms with Crippen LogP contribution in [0.1, 0.15) is 16.8 Å². The van der Waals surface area contributed by atoms with Crippen LogP contribution in [0.25, 0.3) is 0 Å². The molecule has 1 aromatic heterocycles. The van der Waals surface area contributed by atoms with Gasteiger partial charge in [-0.2, -0.15) is 0 Å². The van der Waals surface area contributed by atoms with Crippen molar-refractivity contribution in [2.75, 3.05) is 23.7 Å². The van der Waals surface area contributed by atoms with Crippen LogP contribution in [0.3, 0.4) is 0 Å². The third kappa shape index (κ3) is 3.73. The zero-order valence-corrected chi connectivity index (χ0v) is 13.8. The number of benzene rings is 1. The predicted octanol–water partition coefficient (Wildman–Crippen LogP) is 0.952. The summed E-state index contributed by atoms with van der Waals surface area (Å²) in [7, 11) is 0. The van der Waals surface area contributed by atoms with Crippen molar-refractivity contribution < 1.29 is 4.79 Å². The van der Waals surface area contributed by atoms with Crippen LogP contribution >= 0.6 is 0 Å². The molecule has 1 aromatic carbocycles. The van der Waals surface area contributed by atoms with E-state index in [4.69, 9.17) is 0 Å². The molecule has 0 aliphatic carbocycles. The maximum atomic E-state index is 12.2. The minimum atomic E-state index is -0.237. The number of fused-ring (bicyclic) bond motifs is 1. The Bertz CT molecular complexity index is 815. The lowest BCUT2D eigenvalue weighted by atomic mass is 10.1. The van der Waals surface area contributed by atoms with E-state index >= 15 is 0 Å². The summed E-state index contributed by atoms with van der Waals surface area (Å²) >= 11 is 0. The van der Waals surface area contributed by atoms with E-state index in [1.54, 1.807) is 6.92 Å². The maximum Gasteiger partial charge on any atom is 0.252 e. The molecule has 0 unspecified atom stereocenters. The predicted molar refractivity (Wildman–Crippen MR) is 93.4 cm³/mol. The van der Waals surface area contributed by atoms with Gasteiger partial charge in [-0.05, 0) is 25.5 Å². The lowest BCUT2D eigenvalue weighted by molar-refractivity contribution is -0.121. The molecule has 0 radical (unpaired) electrons. The van der Waals surface area contributed by atoms with E-state index in [1.807, 2.05) is 19.1 Å². The molecular weight excluding hydrogens is 306 g/mol. The molecule has 24 heavy (non-hydrogen) atoms. The Morgan fingerprint density at radius 3 is 2.92 bits per heavy atom. The van der Waals surface area contributed by atoms with E-state index in [0.29, 0.717) is 31.2 Å². The summed E-state index contributed by atoms with van der Waals surface area (Å²) in [5, 5.41) is 9.13. The highest BCUT2D eigenvalue weighted by Gasteiger charge is 2.26. The van der Waals surface area contributed by atoms with Gasteiger partial charge in [0.25, 0.3) is 5.56 Å². The Kier molecular flexibility index (Phi) is 4.50. The average molecular weight is 327 g/mol. The van der Waals surface area contributed by atoms with Gasteiger partial charge in [-0.15, -0.1) is 0 Å². The number of hydrogen-bond acceptors (Lipinski definition) is 5. The highest BCUT2D eigenvalue weighted by atomic mass is 16.2. The van der Waals surface area contributed by atoms with Crippen LogP contribution < -0.4 is 21.5 Å². The van der Waals surface area contributed by atoms with Crippen LogP contribution in [0.5, 0.6) is 0 Å². The number of carbonyl (C=O) groups is 1. The summed E-state index contributed by atoms with van der Waals surface area (Å²) in [5.41, 5.74) is 3.85. The van der Waals surface area contributed by atoms with Gasteiger partial charge in [-0.25, -0.2) is 4.98 Å². The van der Waals surface area contributed by atoms with Crippen molar-refractivity contribution in [1.29, 1.82) is 0 Å². The molecule has 0 spiro atoms. The van der Waals surface area contributed by atoms with Crippen LogP contribution in [0.4, 0.5) is 11.6 Å². The van der Waals surface area contributed by atoms with Gasteiger partial charge in [0.1, 0.15) is 6.04 Å². The number of carbonyl (C=O) groups excluding carboxylic acids is 1. The topological polar surface area (TPSA) is 98.9 Å². The summed E-state index contributed by atoms with van der Waals surface area (Å²) in [6, 6.07) is 7.35. The fourth-order valence-electron chi connectivity index (χ4n) is 2.80. The third-order valence-electron chi connectivity index (χ3n) is 3.92. The van der Waals surface area contributed by atoms with Crippen molar-refractivity contribution in [3.63, 3.8) is 0 Å². The molecule has 0 fully saturated rings. The second-order valence-corrected chi connectivity index (χ2v) is 6.01. The van der Waals surface area contributed by atoms with Crippen LogP contribution in [0.15, 0.2) is 29.1 Å². The van der Waals surface area contributed by atoms with E-state index in [-0.39, 0.29) is 17.5 Å². The first-order valence-electron chi connectivity index (χ1n) is 7.97. The van der Waals surface area contributed by atoms with Crippen molar-refractivity contribution in [1.82, 2.24) is 15.3 Å². The molecule has 1 amide bonds. The second-order valence-electron chi connectivity index (χ2n) is 6.01. The molecule has 4 N–H and O–H groups in total.